The highest BCUT2D eigenvalue weighted by Crippen LogP contribution is 2.31. The molecule has 2 rings (SSSR count). The summed E-state index contributed by atoms with van der Waals surface area (Å²) >= 11 is 0.547. The number of hydrogen-bond acceptors (Lipinski definition) is 3. The standard InChI is InChI=1S/C12H13F2N3S/c1-8-9(7-16-17-8)6-15-10-4-2-3-5-11(10)18-12(13)14/h2-5,7,12,15H,6H2,1H3,(H,16,17). The van der Waals surface area contributed by atoms with Crippen molar-refractivity contribution in [2.75, 3.05) is 5.32 Å². The molecule has 0 aliphatic heterocycles. The molecule has 2 aromatic rings. The van der Waals surface area contributed by atoms with Gasteiger partial charge in [-0.2, -0.15) is 13.9 Å². The van der Waals surface area contributed by atoms with E-state index in [1.165, 1.54) is 0 Å². The molecule has 0 saturated heterocycles. The maximum absolute atomic E-state index is 12.4. The van der Waals surface area contributed by atoms with Gasteiger partial charge >= 0.3 is 0 Å². The van der Waals surface area contributed by atoms with Gasteiger partial charge in [0.2, 0.25) is 0 Å². The van der Waals surface area contributed by atoms with Crippen LogP contribution < -0.4 is 5.32 Å². The Morgan fingerprint density at radius 3 is 2.83 bits per heavy atom. The van der Waals surface area contributed by atoms with E-state index in [9.17, 15) is 8.78 Å². The first-order chi connectivity index (χ1) is 8.66. The van der Waals surface area contributed by atoms with Crippen LogP contribution in [0.25, 0.3) is 0 Å². The maximum Gasteiger partial charge on any atom is 0.288 e. The fourth-order valence-electron chi connectivity index (χ4n) is 1.56. The minimum Gasteiger partial charge on any atom is -0.380 e. The molecule has 96 valence electrons. The van der Waals surface area contributed by atoms with Crippen LogP contribution in [0.4, 0.5) is 14.5 Å². The quantitative estimate of drug-likeness (QED) is 0.814. The molecule has 18 heavy (non-hydrogen) atoms. The maximum atomic E-state index is 12.4. The summed E-state index contributed by atoms with van der Waals surface area (Å²) in [5.41, 5.74) is 2.71. The van der Waals surface area contributed by atoms with Crippen molar-refractivity contribution in [1.82, 2.24) is 10.2 Å². The number of anilines is 1. The molecular formula is C12H13F2N3S. The second kappa shape index (κ2) is 5.86. The monoisotopic (exact) mass is 269 g/mol. The summed E-state index contributed by atoms with van der Waals surface area (Å²) in [7, 11) is 0. The predicted octanol–water partition coefficient (Wildman–Crippen LogP) is 3.64. The molecule has 0 unspecified atom stereocenters. The van der Waals surface area contributed by atoms with E-state index in [1.807, 2.05) is 13.0 Å². The van der Waals surface area contributed by atoms with Crippen LogP contribution in [0.3, 0.4) is 0 Å². The van der Waals surface area contributed by atoms with E-state index in [2.05, 4.69) is 15.5 Å². The normalized spacial score (nSPS) is 10.9. The first-order valence-corrected chi connectivity index (χ1v) is 6.31. The average molecular weight is 269 g/mol. The van der Waals surface area contributed by atoms with Gasteiger partial charge in [-0.25, -0.2) is 0 Å². The minimum atomic E-state index is -2.41. The van der Waals surface area contributed by atoms with Crippen molar-refractivity contribution in [1.29, 1.82) is 0 Å². The summed E-state index contributed by atoms with van der Waals surface area (Å²) in [5, 5.41) is 9.90. The Morgan fingerprint density at radius 1 is 1.39 bits per heavy atom. The Kier molecular flexibility index (Phi) is 4.19. The molecule has 1 aromatic carbocycles. The molecule has 2 N–H and O–H groups in total. The molecule has 0 bridgehead atoms. The third-order valence-electron chi connectivity index (χ3n) is 2.51. The van der Waals surface area contributed by atoms with Crippen LogP contribution in [0.1, 0.15) is 11.3 Å². The molecule has 1 heterocycles. The lowest BCUT2D eigenvalue weighted by atomic mass is 10.2. The third kappa shape index (κ3) is 3.22. The number of rotatable bonds is 5. The molecule has 0 spiro atoms. The summed E-state index contributed by atoms with van der Waals surface area (Å²) < 4.78 is 24.8. The number of alkyl halides is 2. The van der Waals surface area contributed by atoms with Gasteiger partial charge in [0, 0.05) is 28.4 Å². The first kappa shape index (κ1) is 12.9. The van der Waals surface area contributed by atoms with Gasteiger partial charge in [0.25, 0.3) is 5.76 Å². The van der Waals surface area contributed by atoms with Crippen molar-refractivity contribution in [3.8, 4) is 0 Å². The van der Waals surface area contributed by atoms with E-state index in [0.29, 0.717) is 28.9 Å². The average Bonchev–Trinajstić information content (AvgIpc) is 2.73. The van der Waals surface area contributed by atoms with Gasteiger partial charge in [0.05, 0.1) is 6.20 Å². The fourth-order valence-corrected chi connectivity index (χ4v) is 2.17. The minimum absolute atomic E-state index is 0.547. The number of aromatic nitrogens is 2. The van der Waals surface area contributed by atoms with Gasteiger partial charge in [0.1, 0.15) is 0 Å². The van der Waals surface area contributed by atoms with Crippen molar-refractivity contribution in [3.05, 3.63) is 41.7 Å². The van der Waals surface area contributed by atoms with Crippen molar-refractivity contribution >= 4 is 17.4 Å². The van der Waals surface area contributed by atoms with E-state index in [0.717, 1.165) is 11.3 Å². The zero-order valence-corrected chi connectivity index (χ0v) is 10.6. The molecule has 0 aliphatic rings. The molecule has 0 saturated carbocycles. The van der Waals surface area contributed by atoms with Crippen molar-refractivity contribution in [2.24, 2.45) is 0 Å². The molecule has 0 radical (unpaired) electrons. The van der Waals surface area contributed by atoms with E-state index in [1.54, 1.807) is 24.4 Å². The van der Waals surface area contributed by atoms with Crippen LogP contribution in [0.15, 0.2) is 35.4 Å². The molecule has 0 atom stereocenters. The lowest BCUT2D eigenvalue weighted by Crippen LogP contribution is -2.01. The van der Waals surface area contributed by atoms with E-state index in [-0.39, 0.29) is 0 Å². The third-order valence-corrected chi connectivity index (χ3v) is 3.29. The lowest BCUT2D eigenvalue weighted by Gasteiger charge is -2.10. The summed E-state index contributed by atoms with van der Waals surface area (Å²) in [6.45, 7) is 2.48. The lowest BCUT2D eigenvalue weighted by molar-refractivity contribution is 0.252. The smallest absolute Gasteiger partial charge is 0.288 e. The van der Waals surface area contributed by atoms with Gasteiger partial charge < -0.3 is 5.32 Å². The fraction of sp³-hybridized carbons (Fsp3) is 0.250. The number of nitrogens with zero attached hydrogens (tertiary/aromatic N) is 1. The number of aryl methyl sites for hydroxylation is 1. The van der Waals surface area contributed by atoms with Crippen molar-refractivity contribution < 1.29 is 8.78 Å². The van der Waals surface area contributed by atoms with E-state index >= 15 is 0 Å². The number of thioether (sulfide) groups is 1. The highest BCUT2D eigenvalue weighted by molar-refractivity contribution is 7.99. The molecular weight excluding hydrogens is 256 g/mol. The zero-order chi connectivity index (χ0) is 13.0. The number of para-hydroxylation sites is 1. The van der Waals surface area contributed by atoms with Crippen molar-refractivity contribution in [2.45, 2.75) is 24.1 Å². The van der Waals surface area contributed by atoms with Crippen LogP contribution in [-0.4, -0.2) is 16.0 Å². The number of H-pyrrole nitrogens is 1. The largest absolute Gasteiger partial charge is 0.380 e. The molecule has 1 aromatic heterocycles. The van der Waals surface area contributed by atoms with Crippen LogP contribution in [-0.2, 0) is 6.54 Å². The Labute approximate surface area is 108 Å². The van der Waals surface area contributed by atoms with Crippen LogP contribution in [0.2, 0.25) is 0 Å². The highest BCUT2D eigenvalue weighted by atomic mass is 32.2. The van der Waals surface area contributed by atoms with Gasteiger partial charge in [-0.05, 0) is 19.1 Å². The number of benzene rings is 1. The van der Waals surface area contributed by atoms with E-state index < -0.39 is 5.76 Å². The Morgan fingerprint density at radius 2 is 2.17 bits per heavy atom. The second-order valence-corrected chi connectivity index (χ2v) is 4.78. The highest BCUT2D eigenvalue weighted by Gasteiger charge is 2.09. The van der Waals surface area contributed by atoms with Crippen LogP contribution >= 0.6 is 11.8 Å². The molecule has 3 nitrogen and oxygen atoms in total. The number of nitrogens with one attached hydrogen (secondary N) is 2. The van der Waals surface area contributed by atoms with Crippen molar-refractivity contribution in [3.63, 3.8) is 0 Å². The van der Waals surface area contributed by atoms with Crippen LogP contribution in [0, 0.1) is 6.92 Å². The number of hydrogen-bond donors (Lipinski definition) is 2. The van der Waals surface area contributed by atoms with Gasteiger partial charge in [0.15, 0.2) is 0 Å². The van der Waals surface area contributed by atoms with Gasteiger partial charge in [-0.1, -0.05) is 23.9 Å². The Hall–Kier alpha value is -1.56. The molecule has 6 heteroatoms. The molecule has 0 fully saturated rings. The van der Waals surface area contributed by atoms with Gasteiger partial charge in [-0.15, -0.1) is 0 Å². The van der Waals surface area contributed by atoms with E-state index in [4.69, 9.17) is 0 Å². The number of halogens is 2. The second-order valence-electron chi connectivity index (χ2n) is 3.75. The Balaban J connectivity index is 2.07. The topological polar surface area (TPSA) is 40.7 Å². The summed E-state index contributed by atoms with van der Waals surface area (Å²) in [6.07, 6.45) is 1.73. The number of aromatic amines is 1. The first-order valence-electron chi connectivity index (χ1n) is 5.43. The molecule has 0 amide bonds. The Bertz CT molecular complexity index is 514. The SMILES string of the molecule is Cc1[nH]ncc1CNc1ccccc1SC(F)F. The summed E-state index contributed by atoms with van der Waals surface area (Å²) in [5.74, 6) is -2.41. The zero-order valence-electron chi connectivity index (χ0n) is 9.78. The summed E-state index contributed by atoms with van der Waals surface area (Å²) in [4.78, 5) is 0.550. The van der Waals surface area contributed by atoms with Gasteiger partial charge in [-0.3, -0.25) is 5.10 Å². The predicted molar refractivity (Wildman–Crippen MR) is 69.0 cm³/mol. The summed E-state index contributed by atoms with van der Waals surface area (Å²) in [6, 6.07) is 7.04. The van der Waals surface area contributed by atoms with Crippen LogP contribution in [0.5, 0.6) is 0 Å². The molecule has 0 aliphatic carbocycles.